The Bertz CT molecular complexity index is 271. The molecule has 0 aliphatic heterocycles. The summed E-state index contributed by atoms with van der Waals surface area (Å²) in [5, 5.41) is 0.313. The molecule has 0 amide bonds. The first-order valence-corrected chi connectivity index (χ1v) is 10.5. The zero-order valence-corrected chi connectivity index (χ0v) is 14.3. The van der Waals surface area contributed by atoms with Gasteiger partial charge in [-0.2, -0.15) is 0 Å². The lowest BCUT2D eigenvalue weighted by Gasteiger charge is -2.42. The summed E-state index contributed by atoms with van der Waals surface area (Å²) in [6.07, 6.45) is 11.6. The number of rotatable bonds is 6. The molecule has 0 unspecified atom stereocenters. The minimum Gasteiger partial charge on any atom is -0.410 e. The van der Waals surface area contributed by atoms with Crippen LogP contribution in [0.25, 0.3) is 0 Å². The van der Waals surface area contributed by atoms with Crippen molar-refractivity contribution in [3.05, 3.63) is 12.2 Å². The van der Waals surface area contributed by atoms with Crippen molar-refractivity contribution in [3.63, 3.8) is 0 Å². The van der Waals surface area contributed by atoms with E-state index < -0.39 is 8.32 Å². The highest BCUT2D eigenvalue weighted by Crippen LogP contribution is 2.41. The van der Waals surface area contributed by atoms with Crippen LogP contribution in [0.2, 0.25) is 18.1 Å². The maximum Gasteiger partial charge on any atom is 0.192 e. The van der Waals surface area contributed by atoms with Gasteiger partial charge in [-0.25, -0.2) is 0 Å². The first kappa shape index (κ1) is 16.0. The van der Waals surface area contributed by atoms with Gasteiger partial charge in [-0.1, -0.05) is 52.7 Å². The Morgan fingerprint density at radius 2 is 1.89 bits per heavy atom. The van der Waals surface area contributed by atoms with Crippen LogP contribution in [-0.2, 0) is 4.43 Å². The molecular formula is C16H32OSi. The van der Waals surface area contributed by atoms with Crippen LogP contribution in [0.3, 0.4) is 0 Å². The summed E-state index contributed by atoms with van der Waals surface area (Å²) < 4.78 is 6.60. The minimum absolute atomic E-state index is 0.313. The molecule has 0 N–H and O–H groups in total. The summed E-state index contributed by atoms with van der Waals surface area (Å²) in [4.78, 5) is 0. The smallest absolute Gasteiger partial charge is 0.192 e. The Hall–Kier alpha value is -0.0831. The fraction of sp³-hybridized carbons (Fsp3) is 0.875. The third-order valence-corrected chi connectivity index (χ3v) is 9.11. The predicted octanol–water partition coefficient (Wildman–Crippen LogP) is 5.53. The highest BCUT2D eigenvalue weighted by atomic mass is 28.4. The molecule has 0 saturated heterocycles. The Balaban J connectivity index is 2.66. The second-order valence-corrected chi connectivity index (χ2v) is 12.0. The third kappa shape index (κ3) is 4.24. The molecule has 0 heterocycles. The Labute approximate surface area is 115 Å². The first-order chi connectivity index (χ1) is 8.28. The van der Waals surface area contributed by atoms with Gasteiger partial charge in [-0.05, 0) is 43.3 Å². The summed E-state index contributed by atoms with van der Waals surface area (Å²) in [7, 11) is -1.62. The maximum absolute atomic E-state index is 6.60. The summed E-state index contributed by atoms with van der Waals surface area (Å²) in [5.74, 6) is 0.784. The number of unbranched alkanes of at least 4 members (excludes halogenated alkanes) is 1. The zero-order chi connectivity index (χ0) is 13.8. The highest BCUT2D eigenvalue weighted by Gasteiger charge is 2.40. The number of hydrogen-bond acceptors (Lipinski definition) is 1. The normalized spacial score (nSPS) is 20.1. The molecular weight excluding hydrogens is 236 g/mol. The molecule has 0 aromatic carbocycles. The van der Waals surface area contributed by atoms with Crippen LogP contribution < -0.4 is 0 Å². The largest absolute Gasteiger partial charge is 0.410 e. The van der Waals surface area contributed by atoms with E-state index in [1.807, 2.05) is 0 Å². The van der Waals surface area contributed by atoms with Crippen molar-refractivity contribution in [1.29, 1.82) is 0 Å². The standard InChI is InChI=1S/C16H32OSi/c1-7-8-9-13-15(14-11-10-12-14)17-18(5,6)16(2,3)4/h9,13-15H,7-8,10-12H2,1-6H3/b13-9+/t15-/m1/s1. The van der Waals surface area contributed by atoms with Gasteiger partial charge in [0.15, 0.2) is 8.32 Å². The van der Waals surface area contributed by atoms with E-state index in [9.17, 15) is 0 Å². The third-order valence-electron chi connectivity index (χ3n) is 4.63. The zero-order valence-electron chi connectivity index (χ0n) is 13.3. The summed E-state index contributed by atoms with van der Waals surface area (Å²) in [5.41, 5.74) is 0. The van der Waals surface area contributed by atoms with Crippen molar-refractivity contribution < 1.29 is 4.43 Å². The topological polar surface area (TPSA) is 9.23 Å². The van der Waals surface area contributed by atoms with Crippen LogP contribution in [0.4, 0.5) is 0 Å². The molecule has 1 rings (SSSR count). The lowest BCUT2D eigenvalue weighted by molar-refractivity contribution is 0.108. The van der Waals surface area contributed by atoms with Gasteiger partial charge >= 0.3 is 0 Å². The van der Waals surface area contributed by atoms with Crippen LogP contribution in [0.15, 0.2) is 12.2 Å². The Morgan fingerprint density at radius 1 is 1.28 bits per heavy atom. The maximum atomic E-state index is 6.60. The molecule has 0 aromatic heterocycles. The van der Waals surface area contributed by atoms with Gasteiger partial charge in [-0.15, -0.1) is 0 Å². The average Bonchev–Trinajstić information content (AvgIpc) is 2.12. The molecule has 0 aromatic rings. The molecule has 1 atom stereocenters. The number of allylic oxidation sites excluding steroid dienone is 1. The van der Waals surface area contributed by atoms with E-state index in [0.29, 0.717) is 11.1 Å². The first-order valence-electron chi connectivity index (χ1n) is 7.62. The van der Waals surface area contributed by atoms with Gasteiger partial charge < -0.3 is 4.43 Å². The number of hydrogen-bond donors (Lipinski definition) is 0. The average molecular weight is 269 g/mol. The van der Waals surface area contributed by atoms with E-state index in [0.717, 1.165) is 5.92 Å². The lowest BCUT2D eigenvalue weighted by Crippen LogP contribution is -2.46. The molecule has 2 heteroatoms. The monoisotopic (exact) mass is 268 g/mol. The van der Waals surface area contributed by atoms with E-state index in [4.69, 9.17) is 4.43 Å². The van der Waals surface area contributed by atoms with Crippen molar-refractivity contribution in [2.45, 2.75) is 84.0 Å². The van der Waals surface area contributed by atoms with Crippen molar-refractivity contribution in [2.75, 3.05) is 0 Å². The fourth-order valence-corrected chi connectivity index (χ4v) is 3.28. The second-order valence-electron chi connectivity index (χ2n) is 7.25. The van der Waals surface area contributed by atoms with Crippen LogP contribution in [0.5, 0.6) is 0 Å². The second kappa shape index (κ2) is 6.38. The van der Waals surface area contributed by atoms with E-state index >= 15 is 0 Å². The van der Waals surface area contributed by atoms with Crippen molar-refractivity contribution >= 4 is 8.32 Å². The van der Waals surface area contributed by atoms with Crippen LogP contribution in [0, 0.1) is 5.92 Å². The van der Waals surface area contributed by atoms with E-state index in [-0.39, 0.29) is 0 Å². The summed E-state index contributed by atoms with van der Waals surface area (Å²) >= 11 is 0. The van der Waals surface area contributed by atoms with E-state index in [1.165, 1.54) is 32.1 Å². The van der Waals surface area contributed by atoms with Gasteiger partial charge in [-0.3, -0.25) is 0 Å². The molecule has 1 fully saturated rings. The van der Waals surface area contributed by atoms with Gasteiger partial charge in [0.1, 0.15) is 0 Å². The molecule has 18 heavy (non-hydrogen) atoms. The Morgan fingerprint density at radius 3 is 2.28 bits per heavy atom. The minimum atomic E-state index is -1.62. The van der Waals surface area contributed by atoms with Gasteiger partial charge in [0.25, 0.3) is 0 Å². The molecule has 1 nitrogen and oxygen atoms in total. The lowest BCUT2D eigenvalue weighted by atomic mass is 9.81. The molecule has 0 bridgehead atoms. The van der Waals surface area contributed by atoms with Crippen LogP contribution >= 0.6 is 0 Å². The van der Waals surface area contributed by atoms with Crippen molar-refractivity contribution in [1.82, 2.24) is 0 Å². The SMILES string of the molecule is CCC/C=C/[C@@H](O[Si](C)(C)C(C)(C)C)C1CCC1. The van der Waals surface area contributed by atoms with Crippen LogP contribution in [0.1, 0.15) is 59.8 Å². The quantitative estimate of drug-likeness (QED) is 0.454. The predicted molar refractivity (Wildman–Crippen MR) is 83.5 cm³/mol. The highest BCUT2D eigenvalue weighted by molar-refractivity contribution is 6.74. The molecule has 1 aliphatic carbocycles. The van der Waals surface area contributed by atoms with Crippen LogP contribution in [-0.4, -0.2) is 14.4 Å². The summed E-state index contributed by atoms with van der Waals surface area (Å²) in [6, 6.07) is 0. The van der Waals surface area contributed by atoms with E-state index in [1.54, 1.807) is 0 Å². The molecule has 1 saturated carbocycles. The van der Waals surface area contributed by atoms with Gasteiger partial charge in [0, 0.05) is 0 Å². The molecule has 106 valence electrons. The molecule has 0 spiro atoms. The summed E-state index contributed by atoms with van der Waals surface area (Å²) in [6.45, 7) is 13.9. The van der Waals surface area contributed by atoms with Crippen molar-refractivity contribution in [3.8, 4) is 0 Å². The fourth-order valence-electron chi connectivity index (χ4n) is 1.98. The van der Waals surface area contributed by atoms with E-state index in [2.05, 4.69) is 52.9 Å². The molecule has 1 aliphatic rings. The van der Waals surface area contributed by atoms with Crippen molar-refractivity contribution in [2.24, 2.45) is 5.92 Å². The Kier molecular flexibility index (Phi) is 5.66. The van der Waals surface area contributed by atoms with Gasteiger partial charge in [0.05, 0.1) is 6.10 Å². The molecule has 0 radical (unpaired) electrons. The van der Waals surface area contributed by atoms with Gasteiger partial charge in [0.2, 0.25) is 0 Å².